The summed E-state index contributed by atoms with van der Waals surface area (Å²) in [5.41, 5.74) is 5.42. The molecular weight excluding hydrogens is 358 g/mol. The fourth-order valence-electron chi connectivity index (χ4n) is 3.48. The van der Waals surface area contributed by atoms with E-state index in [1.54, 1.807) is 10.3 Å². The first-order chi connectivity index (χ1) is 12.5. The predicted octanol–water partition coefficient (Wildman–Crippen LogP) is 1.12. The molecule has 140 valence electrons. The number of esters is 1. The number of thiophene rings is 1. The summed E-state index contributed by atoms with van der Waals surface area (Å²) in [6, 6.07) is 1.74. The van der Waals surface area contributed by atoms with Gasteiger partial charge < -0.3 is 20.7 Å². The van der Waals surface area contributed by atoms with Crippen LogP contribution in [0.4, 0.5) is 5.00 Å². The summed E-state index contributed by atoms with van der Waals surface area (Å²) in [6.45, 7) is -0.107. The summed E-state index contributed by atoms with van der Waals surface area (Å²) >= 11 is 1.16. The summed E-state index contributed by atoms with van der Waals surface area (Å²) in [5.74, 6) is -2.29. The second-order valence-electron chi connectivity index (χ2n) is 6.57. The first-order valence-electron chi connectivity index (χ1n) is 8.59. The number of nitrogens with zero attached hydrogens (tertiary/aromatic N) is 1. The normalized spacial score (nSPS) is 20.4. The van der Waals surface area contributed by atoms with Crippen molar-refractivity contribution in [1.82, 2.24) is 4.90 Å². The number of carbonyl (C=O) groups is 4. The third kappa shape index (κ3) is 4.04. The van der Waals surface area contributed by atoms with E-state index in [1.807, 2.05) is 0 Å². The molecule has 3 amide bonds. The van der Waals surface area contributed by atoms with Gasteiger partial charge >= 0.3 is 5.97 Å². The van der Waals surface area contributed by atoms with Crippen LogP contribution in [0.1, 0.15) is 42.5 Å². The summed E-state index contributed by atoms with van der Waals surface area (Å²) < 4.78 is 5.05. The van der Waals surface area contributed by atoms with Crippen molar-refractivity contribution in [2.45, 2.75) is 38.1 Å². The van der Waals surface area contributed by atoms with Crippen LogP contribution >= 0.6 is 11.3 Å². The number of hydrogen-bond acceptors (Lipinski definition) is 6. The van der Waals surface area contributed by atoms with E-state index >= 15 is 0 Å². The quantitative estimate of drug-likeness (QED) is 0.718. The molecule has 1 atom stereocenters. The second-order valence-corrected chi connectivity index (χ2v) is 7.49. The molecule has 0 aromatic carbocycles. The molecule has 0 bridgehead atoms. The fraction of sp³-hybridized carbons (Fsp3) is 0.529. The molecule has 26 heavy (non-hydrogen) atoms. The summed E-state index contributed by atoms with van der Waals surface area (Å²) in [7, 11) is 0. The van der Waals surface area contributed by atoms with Crippen LogP contribution in [-0.4, -0.2) is 47.8 Å². The van der Waals surface area contributed by atoms with Crippen molar-refractivity contribution in [3.8, 4) is 0 Å². The number of rotatable bonds is 6. The zero-order valence-corrected chi connectivity index (χ0v) is 15.0. The Balaban J connectivity index is 1.48. The third-order valence-electron chi connectivity index (χ3n) is 4.79. The lowest BCUT2D eigenvalue weighted by Gasteiger charge is -2.23. The largest absolute Gasteiger partial charge is 0.455 e. The second kappa shape index (κ2) is 7.86. The number of carbonyl (C=O) groups excluding carboxylic acids is 4. The predicted molar refractivity (Wildman–Crippen MR) is 94.5 cm³/mol. The van der Waals surface area contributed by atoms with Crippen LogP contribution in [-0.2, 0) is 19.1 Å². The van der Waals surface area contributed by atoms with Gasteiger partial charge in [0.1, 0.15) is 5.00 Å². The Morgan fingerprint density at radius 2 is 2.04 bits per heavy atom. The van der Waals surface area contributed by atoms with Crippen LogP contribution in [0, 0.1) is 5.92 Å². The van der Waals surface area contributed by atoms with Crippen LogP contribution in [0.15, 0.2) is 11.4 Å². The molecule has 9 heteroatoms. The highest BCUT2D eigenvalue weighted by Crippen LogP contribution is 2.30. The number of nitrogens with one attached hydrogen (secondary N) is 1. The molecule has 2 fully saturated rings. The maximum Gasteiger partial charge on any atom is 0.311 e. The van der Waals surface area contributed by atoms with Crippen LogP contribution in [0.25, 0.3) is 0 Å². The Labute approximate surface area is 154 Å². The first kappa shape index (κ1) is 18.4. The molecule has 1 saturated carbocycles. The highest BCUT2D eigenvalue weighted by atomic mass is 32.1. The van der Waals surface area contributed by atoms with Gasteiger partial charge in [-0.1, -0.05) is 12.8 Å². The lowest BCUT2D eigenvalue weighted by Crippen LogP contribution is -2.35. The Hall–Kier alpha value is -2.42. The molecule has 3 N–H and O–H groups in total. The standard InChI is InChI=1S/C17H21N3O5S/c18-15(23)12-5-6-26-16(12)19-13(21)9-25-17(24)10-7-14(22)20(8-10)11-3-1-2-4-11/h5-6,10-11H,1-4,7-9H2,(H2,18,23)(H,19,21)/t10-/m1/s1. The van der Waals surface area contributed by atoms with Gasteiger partial charge in [-0.25, -0.2) is 0 Å². The average molecular weight is 379 g/mol. The summed E-state index contributed by atoms with van der Waals surface area (Å²) in [6.07, 6.45) is 4.32. The summed E-state index contributed by atoms with van der Waals surface area (Å²) in [4.78, 5) is 49.2. The number of anilines is 1. The van der Waals surface area contributed by atoms with Gasteiger partial charge in [0.2, 0.25) is 5.91 Å². The molecule has 2 aliphatic rings. The van der Waals surface area contributed by atoms with Gasteiger partial charge in [0.05, 0.1) is 11.5 Å². The maximum atomic E-state index is 12.2. The van der Waals surface area contributed by atoms with Gasteiger partial charge in [0.15, 0.2) is 6.61 Å². The van der Waals surface area contributed by atoms with Gasteiger partial charge in [-0.15, -0.1) is 11.3 Å². The van der Waals surface area contributed by atoms with Gasteiger partial charge in [-0.2, -0.15) is 0 Å². The molecule has 2 heterocycles. The Bertz CT molecular complexity index is 726. The molecular formula is C17H21N3O5S. The molecule has 1 aromatic rings. The van der Waals surface area contributed by atoms with E-state index in [0.717, 1.165) is 37.0 Å². The highest BCUT2D eigenvalue weighted by molar-refractivity contribution is 7.14. The zero-order valence-electron chi connectivity index (χ0n) is 14.2. The third-order valence-corrected chi connectivity index (χ3v) is 5.62. The van der Waals surface area contributed by atoms with Crippen LogP contribution in [0.2, 0.25) is 0 Å². The summed E-state index contributed by atoms with van der Waals surface area (Å²) in [5, 5.41) is 4.45. The van der Waals surface area contributed by atoms with Crippen molar-refractivity contribution < 1.29 is 23.9 Å². The monoisotopic (exact) mass is 379 g/mol. The molecule has 0 radical (unpaired) electrons. The number of nitrogens with two attached hydrogens (primary N) is 1. The molecule has 1 aliphatic carbocycles. The number of hydrogen-bond donors (Lipinski definition) is 2. The average Bonchev–Trinajstić information content (AvgIpc) is 3.32. The minimum absolute atomic E-state index is 0.0204. The minimum Gasteiger partial charge on any atom is -0.455 e. The first-order valence-corrected chi connectivity index (χ1v) is 9.47. The van der Waals surface area contributed by atoms with Crippen LogP contribution in [0.3, 0.4) is 0 Å². The lowest BCUT2D eigenvalue weighted by atomic mass is 10.1. The van der Waals surface area contributed by atoms with Gasteiger partial charge in [-0.3, -0.25) is 19.2 Å². The molecule has 1 aliphatic heterocycles. The Morgan fingerprint density at radius 1 is 1.31 bits per heavy atom. The SMILES string of the molecule is NC(=O)c1ccsc1NC(=O)COC(=O)[C@@H]1CC(=O)N(C2CCCC2)C1. The van der Waals surface area contributed by atoms with Crippen molar-refractivity contribution >= 4 is 40.0 Å². The Kier molecular flexibility index (Phi) is 5.55. The van der Waals surface area contributed by atoms with E-state index < -0.39 is 30.3 Å². The molecule has 0 unspecified atom stereocenters. The maximum absolute atomic E-state index is 12.2. The topological polar surface area (TPSA) is 119 Å². The van der Waals surface area contributed by atoms with Crippen molar-refractivity contribution in [2.24, 2.45) is 11.7 Å². The van der Waals surface area contributed by atoms with E-state index in [1.165, 1.54) is 6.07 Å². The van der Waals surface area contributed by atoms with Crippen molar-refractivity contribution in [3.63, 3.8) is 0 Å². The molecule has 0 spiro atoms. The fourth-order valence-corrected chi connectivity index (χ4v) is 4.28. The van der Waals surface area contributed by atoms with Crippen LogP contribution < -0.4 is 11.1 Å². The van der Waals surface area contributed by atoms with Crippen LogP contribution in [0.5, 0.6) is 0 Å². The minimum atomic E-state index is -0.644. The molecule has 1 aromatic heterocycles. The number of likely N-dealkylation sites (tertiary alicyclic amines) is 1. The van der Waals surface area contributed by atoms with Crippen molar-refractivity contribution in [1.29, 1.82) is 0 Å². The Morgan fingerprint density at radius 3 is 2.73 bits per heavy atom. The highest BCUT2D eigenvalue weighted by Gasteiger charge is 2.39. The van der Waals surface area contributed by atoms with E-state index in [0.29, 0.717) is 11.5 Å². The number of primary amides is 1. The smallest absolute Gasteiger partial charge is 0.311 e. The van der Waals surface area contributed by atoms with E-state index in [9.17, 15) is 19.2 Å². The van der Waals surface area contributed by atoms with Gasteiger partial charge in [0.25, 0.3) is 11.8 Å². The van der Waals surface area contributed by atoms with Gasteiger partial charge in [0, 0.05) is 19.0 Å². The van der Waals surface area contributed by atoms with Crippen molar-refractivity contribution in [3.05, 3.63) is 17.0 Å². The molecule has 8 nitrogen and oxygen atoms in total. The van der Waals surface area contributed by atoms with Crippen molar-refractivity contribution in [2.75, 3.05) is 18.5 Å². The van der Waals surface area contributed by atoms with E-state index in [-0.39, 0.29) is 23.9 Å². The molecule has 1 saturated heterocycles. The lowest BCUT2D eigenvalue weighted by molar-refractivity contribution is -0.151. The van der Waals surface area contributed by atoms with E-state index in [2.05, 4.69) is 5.32 Å². The number of amides is 3. The van der Waals surface area contributed by atoms with E-state index in [4.69, 9.17) is 10.5 Å². The number of ether oxygens (including phenoxy) is 1. The molecule has 3 rings (SSSR count). The van der Waals surface area contributed by atoms with Gasteiger partial charge in [-0.05, 0) is 24.3 Å². The zero-order chi connectivity index (χ0) is 18.7.